The molecule has 0 saturated carbocycles. The Morgan fingerprint density at radius 2 is 2.10 bits per heavy atom. The van der Waals surface area contributed by atoms with Crippen molar-refractivity contribution in [2.24, 2.45) is 0 Å². The Balaban J connectivity index is 2.74. The maximum Gasteiger partial charge on any atom is 0.0456 e. The van der Waals surface area contributed by atoms with Crippen molar-refractivity contribution in [2.75, 3.05) is 18.5 Å². The van der Waals surface area contributed by atoms with Crippen molar-refractivity contribution >= 4 is 5.69 Å². The molecule has 0 bridgehead atoms. The molecule has 0 aliphatic heterocycles. The molecule has 0 spiro atoms. The van der Waals surface area contributed by atoms with Crippen molar-refractivity contribution in [3.63, 3.8) is 0 Å². The molecule has 0 atom stereocenters. The number of hydrogen-bond acceptors (Lipinski definition) is 1. The molecule has 0 aliphatic rings. The number of para-hydroxylation sites is 1. The predicted octanol–water partition coefficient (Wildman–Crippen LogP) is 2.14. The zero-order chi connectivity index (χ0) is 8.10. The van der Waals surface area contributed by atoms with Gasteiger partial charge in [0, 0.05) is 20.6 Å². The molecule has 0 aromatic heterocycles. The lowest BCUT2D eigenvalue weighted by Gasteiger charge is -2.15. The second-order valence-electron chi connectivity index (χ2n) is 2.19. The third kappa shape index (κ3) is 1.50. The first-order valence-corrected chi connectivity index (χ1v) is 3.47. The minimum Gasteiger partial charge on any atom is -0.375 e. The molecule has 0 radical (unpaired) electrons. The summed E-state index contributed by atoms with van der Waals surface area (Å²) < 4.78 is 7.22. The van der Waals surface area contributed by atoms with E-state index in [0.717, 1.165) is 12.2 Å². The van der Waals surface area contributed by atoms with E-state index in [1.165, 1.54) is 0 Å². The van der Waals surface area contributed by atoms with Gasteiger partial charge in [-0.25, -0.2) is 0 Å². The van der Waals surface area contributed by atoms with Gasteiger partial charge >= 0.3 is 0 Å². The molecule has 0 aliphatic carbocycles. The van der Waals surface area contributed by atoms with E-state index in [-0.39, 0.29) is 0 Å². The standard InChI is InChI=1S/C9H13N/c1-3-10(2)9-7-5-4-6-8-9/h4-8H,3H2,1-2H3/i2D. The summed E-state index contributed by atoms with van der Waals surface area (Å²) >= 11 is 0. The van der Waals surface area contributed by atoms with Crippen molar-refractivity contribution < 1.29 is 1.37 Å². The largest absolute Gasteiger partial charge is 0.375 e. The molecule has 1 aromatic rings. The van der Waals surface area contributed by atoms with Crippen molar-refractivity contribution in [3.8, 4) is 0 Å². The zero-order valence-corrected chi connectivity index (χ0v) is 6.25. The molecule has 0 unspecified atom stereocenters. The second-order valence-corrected chi connectivity index (χ2v) is 2.19. The van der Waals surface area contributed by atoms with Crippen LogP contribution in [0.15, 0.2) is 30.3 Å². The average Bonchev–Trinajstić information content (AvgIpc) is 2.09. The van der Waals surface area contributed by atoms with Crippen LogP contribution in [0.5, 0.6) is 0 Å². The molecule has 1 heteroatoms. The molecular formula is C9H13N. The monoisotopic (exact) mass is 136 g/mol. The summed E-state index contributed by atoms with van der Waals surface area (Å²) in [5.41, 5.74) is 1.13. The minimum atomic E-state index is 0.334. The van der Waals surface area contributed by atoms with E-state index < -0.39 is 0 Å². The summed E-state index contributed by atoms with van der Waals surface area (Å²) in [4.78, 5) is 2.00. The van der Waals surface area contributed by atoms with E-state index in [1.807, 2.05) is 35.2 Å². The van der Waals surface area contributed by atoms with Gasteiger partial charge in [-0.05, 0) is 19.1 Å². The van der Waals surface area contributed by atoms with Gasteiger partial charge in [-0.3, -0.25) is 0 Å². The van der Waals surface area contributed by atoms with Crippen LogP contribution >= 0.6 is 0 Å². The van der Waals surface area contributed by atoms with Gasteiger partial charge in [0.1, 0.15) is 0 Å². The van der Waals surface area contributed by atoms with Gasteiger partial charge in [-0.2, -0.15) is 0 Å². The van der Waals surface area contributed by atoms with Crippen molar-refractivity contribution in [3.05, 3.63) is 30.3 Å². The van der Waals surface area contributed by atoms with Crippen molar-refractivity contribution in [2.45, 2.75) is 6.92 Å². The quantitative estimate of drug-likeness (QED) is 0.602. The molecule has 1 aromatic carbocycles. The number of hydrogen-bond donors (Lipinski definition) is 0. The van der Waals surface area contributed by atoms with Gasteiger partial charge in [0.05, 0.1) is 0 Å². The third-order valence-corrected chi connectivity index (χ3v) is 1.50. The summed E-state index contributed by atoms with van der Waals surface area (Å²) in [5.74, 6) is 0. The predicted molar refractivity (Wildman–Crippen MR) is 45.4 cm³/mol. The number of anilines is 1. The first-order chi connectivity index (χ1) is 5.38. The zero-order valence-electron chi connectivity index (χ0n) is 7.25. The Kier molecular flexibility index (Phi) is 1.88. The van der Waals surface area contributed by atoms with E-state index in [0.29, 0.717) is 7.02 Å². The van der Waals surface area contributed by atoms with Gasteiger partial charge in [0.15, 0.2) is 0 Å². The van der Waals surface area contributed by atoms with Crippen LogP contribution in [0, 0.1) is 0 Å². The van der Waals surface area contributed by atoms with E-state index in [4.69, 9.17) is 1.37 Å². The van der Waals surface area contributed by atoms with E-state index in [1.54, 1.807) is 0 Å². The number of benzene rings is 1. The number of rotatable bonds is 2. The fourth-order valence-electron chi connectivity index (χ4n) is 0.821. The normalized spacial score (nSPS) is 10.7. The highest BCUT2D eigenvalue weighted by atomic mass is 15.1. The summed E-state index contributed by atoms with van der Waals surface area (Å²) in [6.45, 7) is 2.95. The molecule has 0 amide bonds. The van der Waals surface area contributed by atoms with Gasteiger partial charge in [-0.1, -0.05) is 18.2 Å². The van der Waals surface area contributed by atoms with Crippen molar-refractivity contribution in [1.82, 2.24) is 0 Å². The molecule has 10 heavy (non-hydrogen) atoms. The lowest BCUT2D eigenvalue weighted by Crippen LogP contribution is -2.15. The summed E-state index contributed by atoms with van der Waals surface area (Å²) in [7, 11) is 0.334. The van der Waals surface area contributed by atoms with Gasteiger partial charge in [0.2, 0.25) is 0 Å². The second kappa shape index (κ2) is 3.25. The fraction of sp³-hybridized carbons (Fsp3) is 0.333. The molecule has 1 nitrogen and oxygen atoms in total. The Morgan fingerprint density at radius 3 is 2.60 bits per heavy atom. The molecule has 0 N–H and O–H groups in total. The van der Waals surface area contributed by atoms with Crippen LogP contribution in [0.1, 0.15) is 8.29 Å². The lowest BCUT2D eigenvalue weighted by atomic mass is 10.3. The lowest BCUT2D eigenvalue weighted by molar-refractivity contribution is 0.968. The van der Waals surface area contributed by atoms with Crippen LogP contribution in [-0.2, 0) is 0 Å². The van der Waals surface area contributed by atoms with Crippen LogP contribution in [0.2, 0.25) is 0 Å². The summed E-state index contributed by atoms with van der Waals surface area (Å²) in [5, 5.41) is 0. The molecule has 0 fully saturated rings. The van der Waals surface area contributed by atoms with Crippen LogP contribution in [0.3, 0.4) is 0 Å². The molecule has 0 saturated heterocycles. The maximum absolute atomic E-state index is 7.22. The van der Waals surface area contributed by atoms with Gasteiger partial charge in [0.25, 0.3) is 0 Å². The molecule has 54 valence electrons. The Hall–Kier alpha value is -0.980. The Bertz CT molecular complexity index is 194. The minimum absolute atomic E-state index is 0.334. The average molecular weight is 136 g/mol. The van der Waals surface area contributed by atoms with E-state index in [2.05, 4.69) is 6.92 Å². The van der Waals surface area contributed by atoms with Crippen LogP contribution in [0.4, 0.5) is 5.69 Å². The molecule has 0 heterocycles. The van der Waals surface area contributed by atoms with E-state index in [9.17, 15) is 0 Å². The Labute approximate surface area is 63.7 Å². The first kappa shape index (κ1) is 5.78. The SMILES string of the molecule is [2H]CN(CC)c1ccccc1. The van der Waals surface area contributed by atoms with Crippen LogP contribution < -0.4 is 4.90 Å². The smallest absolute Gasteiger partial charge is 0.0456 e. The van der Waals surface area contributed by atoms with Crippen LogP contribution in [0.25, 0.3) is 0 Å². The summed E-state index contributed by atoms with van der Waals surface area (Å²) in [6.07, 6.45) is 0. The number of nitrogens with zero attached hydrogens (tertiary/aromatic N) is 1. The first-order valence-electron chi connectivity index (χ1n) is 4.18. The maximum atomic E-state index is 7.22. The third-order valence-electron chi connectivity index (χ3n) is 1.50. The molecule has 1 rings (SSSR count). The summed E-state index contributed by atoms with van der Waals surface area (Å²) in [6, 6.07) is 10.0. The topological polar surface area (TPSA) is 3.24 Å². The highest BCUT2D eigenvalue weighted by molar-refractivity contribution is 5.44. The van der Waals surface area contributed by atoms with Crippen LogP contribution in [-0.4, -0.2) is 13.6 Å². The fourth-order valence-corrected chi connectivity index (χ4v) is 0.821. The highest BCUT2D eigenvalue weighted by Crippen LogP contribution is 2.09. The van der Waals surface area contributed by atoms with Gasteiger partial charge < -0.3 is 4.90 Å². The highest BCUT2D eigenvalue weighted by Gasteiger charge is 1.92. The molecular weight excluding hydrogens is 122 g/mol. The van der Waals surface area contributed by atoms with Crippen molar-refractivity contribution in [1.29, 1.82) is 0 Å². The Morgan fingerprint density at radius 1 is 1.40 bits per heavy atom. The van der Waals surface area contributed by atoms with Gasteiger partial charge in [-0.15, -0.1) is 0 Å². The van der Waals surface area contributed by atoms with E-state index >= 15 is 0 Å².